The second-order valence-corrected chi connectivity index (χ2v) is 7.00. The molecule has 0 spiro atoms. The highest BCUT2D eigenvalue weighted by molar-refractivity contribution is 5.86. The molecule has 0 radical (unpaired) electrons. The van der Waals surface area contributed by atoms with Crippen molar-refractivity contribution in [1.29, 1.82) is 0 Å². The van der Waals surface area contributed by atoms with Gasteiger partial charge in [-0.1, -0.05) is 25.1 Å². The van der Waals surface area contributed by atoms with Crippen LogP contribution in [0, 0.1) is 0 Å². The van der Waals surface area contributed by atoms with Gasteiger partial charge in [-0.2, -0.15) is 0 Å². The summed E-state index contributed by atoms with van der Waals surface area (Å²) >= 11 is 0. The van der Waals surface area contributed by atoms with Gasteiger partial charge in [-0.15, -0.1) is 0 Å². The van der Waals surface area contributed by atoms with E-state index in [4.69, 9.17) is 19.4 Å². The maximum Gasteiger partial charge on any atom is 0.344 e. The Morgan fingerprint density at radius 3 is 2.61 bits per heavy atom. The molecule has 1 aliphatic heterocycles. The number of rotatable bonds is 6. The van der Waals surface area contributed by atoms with Crippen LogP contribution in [0.25, 0.3) is 0 Å². The fourth-order valence-electron chi connectivity index (χ4n) is 4.34. The number of likely N-dealkylation sites (tertiary alicyclic amines) is 1. The zero-order valence-electron chi connectivity index (χ0n) is 17.5. The molecule has 7 nitrogen and oxygen atoms in total. The van der Waals surface area contributed by atoms with Crippen LogP contribution in [0.3, 0.4) is 0 Å². The van der Waals surface area contributed by atoms with Crippen LogP contribution < -0.4 is 9.47 Å². The summed E-state index contributed by atoms with van der Waals surface area (Å²) in [5.41, 5.74) is 2.23. The third kappa shape index (κ3) is 4.41. The van der Waals surface area contributed by atoms with Gasteiger partial charge in [0.25, 0.3) is 0 Å². The molecule has 0 aromatic heterocycles. The number of hydrogen-bond donors (Lipinski definition) is 1. The summed E-state index contributed by atoms with van der Waals surface area (Å²) in [7, 11) is 5.43. The Labute approximate surface area is 167 Å². The van der Waals surface area contributed by atoms with Crippen molar-refractivity contribution in [3.63, 3.8) is 0 Å². The van der Waals surface area contributed by atoms with Gasteiger partial charge in [0.05, 0.1) is 19.9 Å². The van der Waals surface area contributed by atoms with E-state index in [0.717, 1.165) is 49.4 Å². The molecule has 2 fully saturated rings. The van der Waals surface area contributed by atoms with Crippen molar-refractivity contribution in [2.24, 2.45) is 5.16 Å². The molecule has 28 heavy (non-hydrogen) atoms. The molecule has 1 aromatic carbocycles. The monoisotopic (exact) mass is 392 g/mol. The van der Waals surface area contributed by atoms with E-state index in [9.17, 15) is 4.79 Å². The molecule has 156 valence electrons. The molecule has 2 aliphatic rings. The van der Waals surface area contributed by atoms with Gasteiger partial charge in [-0.3, -0.25) is 0 Å². The quantitative estimate of drug-likeness (QED) is 0.748. The Morgan fingerprint density at radius 1 is 1.25 bits per heavy atom. The van der Waals surface area contributed by atoms with Gasteiger partial charge in [0.2, 0.25) is 6.61 Å². The van der Waals surface area contributed by atoms with E-state index in [1.165, 1.54) is 5.56 Å². The average Bonchev–Trinajstić information content (AvgIpc) is 3.06. The normalized spacial score (nSPS) is 25.5. The number of nitrogens with zero attached hydrogens (tertiary/aromatic N) is 2. The molecule has 0 amide bonds. The van der Waals surface area contributed by atoms with Crippen molar-refractivity contribution in [1.82, 2.24) is 4.90 Å². The minimum absolute atomic E-state index is 0.0418. The summed E-state index contributed by atoms with van der Waals surface area (Å²) in [5.74, 6) is 0.468. The molecule has 1 saturated carbocycles. The lowest BCUT2D eigenvalue weighted by Crippen LogP contribution is -2.46. The molecular weight excluding hydrogens is 360 g/mol. The van der Waals surface area contributed by atoms with Gasteiger partial charge in [0.15, 0.2) is 11.5 Å². The minimum atomic E-state index is -1.01. The zero-order valence-corrected chi connectivity index (χ0v) is 17.5. The van der Waals surface area contributed by atoms with Crippen LogP contribution in [0.15, 0.2) is 23.4 Å². The number of oxime groups is 1. The molecule has 1 aromatic rings. The Hall–Kier alpha value is -2.28. The first-order chi connectivity index (χ1) is 13.5. The minimum Gasteiger partial charge on any atom is -0.493 e. The number of hydrogen-bond acceptors (Lipinski definition) is 6. The second-order valence-electron chi connectivity index (χ2n) is 7.00. The maximum absolute atomic E-state index is 10.6. The fourth-order valence-corrected chi connectivity index (χ4v) is 4.34. The summed E-state index contributed by atoms with van der Waals surface area (Å²) < 4.78 is 10.9. The summed E-state index contributed by atoms with van der Waals surface area (Å²) in [6.07, 6.45) is 3.61. The van der Waals surface area contributed by atoms with E-state index in [2.05, 4.69) is 29.2 Å². The van der Waals surface area contributed by atoms with Gasteiger partial charge in [0.1, 0.15) is 0 Å². The maximum atomic E-state index is 10.6. The van der Waals surface area contributed by atoms with E-state index >= 15 is 0 Å². The number of ether oxygens (including phenoxy) is 2. The molecule has 1 saturated heterocycles. The molecule has 2 unspecified atom stereocenters. The third-order valence-electron chi connectivity index (χ3n) is 5.71. The van der Waals surface area contributed by atoms with E-state index in [0.29, 0.717) is 6.04 Å². The molecule has 1 heterocycles. The van der Waals surface area contributed by atoms with Crippen molar-refractivity contribution in [2.45, 2.75) is 51.0 Å². The number of benzene rings is 1. The van der Waals surface area contributed by atoms with Crippen LogP contribution in [0.4, 0.5) is 0 Å². The highest BCUT2D eigenvalue weighted by Gasteiger charge is 2.50. The smallest absolute Gasteiger partial charge is 0.344 e. The predicted molar refractivity (Wildman–Crippen MR) is 108 cm³/mol. The summed E-state index contributed by atoms with van der Waals surface area (Å²) in [5, 5.41) is 12.8. The lowest BCUT2D eigenvalue weighted by Gasteiger charge is -2.42. The number of carboxylic acid groups (broad SMARTS) is 1. The van der Waals surface area contributed by atoms with Gasteiger partial charge in [-0.05, 0) is 50.6 Å². The SMILES string of the molecule is CC.COc1ccc(C23CC/C(=N\OCC(=O)O)CC2N(C)CC3)cc1OC. The molecular formula is C21H32N2O5. The molecule has 0 bridgehead atoms. The van der Waals surface area contributed by atoms with E-state index in [1.54, 1.807) is 14.2 Å². The first-order valence-corrected chi connectivity index (χ1v) is 9.82. The lowest BCUT2D eigenvalue weighted by atomic mass is 9.65. The Kier molecular flexibility index (Phi) is 7.69. The molecule has 3 rings (SSSR count). The summed E-state index contributed by atoms with van der Waals surface area (Å²) in [4.78, 5) is 17.9. The molecule has 1 aliphatic carbocycles. The Morgan fingerprint density at radius 2 is 1.96 bits per heavy atom. The predicted octanol–water partition coefficient (Wildman–Crippen LogP) is 3.31. The van der Waals surface area contributed by atoms with Crippen LogP contribution in [0.1, 0.15) is 45.1 Å². The van der Waals surface area contributed by atoms with Gasteiger partial charge in [-0.25, -0.2) is 4.79 Å². The fraction of sp³-hybridized carbons (Fsp3) is 0.619. The number of fused-ring (bicyclic) bond motifs is 1. The van der Waals surface area contributed by atoms with E-state index in [-0.39, 0.29) is 5.41 Å². The highest BCUT2D eigenvalue weighted by atomic mass is 16.6. The number of aliphatic carboxylic acids is 1. The van der Waals surface area contributed by atoms with Crippen LogP contribution >= 0.6 is 0 Å². The molecule has 1 N–H and O–H groups in total. The van der Waals surface area contributed by atoms with E-state index in [1.807, 2.05) is 19.9 Å². The number of carboxylic acids is 1. The van der Waals surface area contributed by atoms with Gasteiger partial charge in [0, 0.05) is 17.9 Å². The Bertz CT molecular complexity index is 706. The average molecular weight is 392 g/mol. The third-order valence-corrected chi connectivity index (χ3v) is 5.71. The first kappa shape index (κ1) is 22.0. The summed E-state index contributed by atoms with van der Waals surface area (Å²) in [6.45, 7) is 4.62. The van der Waals surface area contributed by atoms with E-state index < -0.39 is 12.6 Å². The Balaban J connectivity index is 0.00000136. The number of carbonyl (C=O) groups is 1. The van der Waals surface area contributed by atoms with Crippen molar-refractivity contribution in [2.75, 3.05) is 34.4 Å². The first-order valence-electron chi connectivity index (χ1n) is 9.82. The molecule has 2 atom stereocenters. The van der Waals surface area contributed by atoms with Crippen LogP contribution in [0.5, 0.6) is 11.5 Å². The lowest BCUT2D eigenvalue weighted by molar-refractivity contribution is -0.142. The summed E-state index contributed by atoms with van der Waals surface area (Å²) in [6, 6.07) is 6.50. The zero-order chi connectivity index (χ0) is 20.7. The van der Waals surface area contributed by atoms with Crippen molar-refractivity contribution < 1.29 is 24.2 Å². The van der Waals surface area contributed by atoms with Crippen LogP contribution in [-0.4, -0.2) is 62.1 Å². The molecule has 7 heteroatoms. The second kappa shape index (κ2) is 9.78. The van der Waals surface area contributed by atoms with Crippen LogP contribution in [-0.2, 0) is 15.0 Å². The number of methoxy groups -OCH3 is 2. The van der Waals surface area contributed by atoms with Gasteiger partial charge < -0.3 is 24.3 Å². The van der Waals surface area contributed by atoms with Crippen molar-refractivity contribution >= 4 is 11.7 Å². The van der Waals surface area contributed by atoms with Crippen LogP contribution in [0.2, 0.25) is 0 Å². The largest absolute Gasteiger partial charge is 0.493 e. The van der Waals surface area contributed by atoms with Crippen molar-refractivity contribution in [3.8, 4) is 11.5 Å². The van der Waals surface area contributed by atoms with Crippen molar-refractivity contribution in [3.05, 3.63) is 23.8 Å². The van der Waals surface area contributed by atoms with Gasteiger partial charge >= 0.3 is 5.97 Å². The highest BCUT2D eigenvalue weighted by Crippen LogP contribution is 2.49. The topological polar surface area (TPSA) is 80.6 Å². The standard InChI is InChI=1S/C19H26N2O5.C2H6/c1-21-9-8-19(13-4-5-15(24-2)16(10-13)25-3)7-6-14(11-17(19)21)20-26-12-18(22)23;1-2/h4-5,10,17H,6-9,11-12H2,1-3H3,(H,22,23);1-2H3/b20-14+;. The number of likely N-dealkylation sites (N-methyl/N-ethyl adjacent to an activating group) is 1.